The first-order valence-corrected chi connectivity index (χ1v) is 12.3. The third-order valence-electron chi connectivity index (χ3n) is 8.19. The first-order chi connectivity index (χ1) is 18.4. The van der Waals surface area contributed by atoms with Crippen LogP contribution in [-0.2, 0) is 4.74 Å². The average Bonchev–Trinajstić information content (AvgIpc) is 3.48. The minimum absolute atomic E-state index is 0.134. The van der Waals surface area contributed by atoms with Gasteiger partial charge in [0, 0.05) is 27.8 Å². The number of rotatable bonds is 2. The Morgan fingerprint density at radius 1 is 0.553 bits per heavy atom. The molecule has 4 aromatic rings. The van der Waals surface area contributed by atoms with Crippen molar-refractivity contribution in [2.24, 2.45) is 5.41 Å². The molecule has 0 radical (unpaired) electrons. The topological polar surface area (TPSA) is 97.7 Å². The maximum Gasteiger partial charge on any atom is 0.204 e. The summed E-state index contributed by atoms with van der Waals surface area (Å²) in [5, 5.41) is 11.1. The summed E-state index contributed by atoms with van der Waals surface area (Å²) in [6.07, 6.45) is -1.26. The lowest BCUT2D eigenvalue weighted by molar-refractivity contribution is -0.0211. The Morgan fingerprint density at radius 2 is 1.00 bits per heavy atom. The molecule has 4 aromatic carbocycles. The lowest BCUT2D eigenvalue weighted by Gasteiger charge is -2.35. The number of fused-ring (bicyclic) bond motifs is 2. The number of hydrogen-bond acceptors (Lipinski definition) is 6. The van der Waals surface area contributed by atoms with E-state index < -0.39 is 46.2 Å². The molecular weight excluding hydrogens is 480 g/mol. The van der Waals surface area contributed by atoms with Crippen LogP contribution in [0.3, 0.4) is 0 Å². The van der Waals surface area contributed by atoms with E-state index in [2.05, 4.69) is 0 Å². The van der Waals surface area contributed by atoms with Crippen molar-refractivity contribution in [1.29, 1.82) is 0 Å². The Labute approximate surface area is 217 Å². The highest BCUT2D eigenvalue weighted by Crippen LogP contribution is 2.68. The van der Waals surface area contributed by atoms with Gasteiger partial charge in [-0.25, -0.2) is 0 Å². The number of phenolic OH excluding ortho intramolecular Hbond substituents is 1. The quantitative estimate of drug-likeness (QED) is 0.383. The number of phenols is 1. The summed E-state index contributed by atoms with van der Waals surface area (Å²) in [6.45, 7) is 0. The largest absolute Gasteiger partial charge is 0.508 e. The van der Waals surface area contributed by atoms with Gasteiger partial charge in [-0.3, -0.25) is 19.2 Å². The Morgan fingerprint density at radius 3 is 1.53 bits per heavy atom. The van der Waals surface area contributed by atoms with Crippen LogP contribution in [0.15, 0.2) is 103 Å². The molecular formula is C32H20O6. The molecule has 0 amide bonds. The van der Waals surface area contributed by atoms with Crippen molar-refractivity contribution in [1.82, 2.24) is 0 Å². The maximum absolute atomic E-state index is 14.5. The minimum atomic E-state index is -2.23. The van der Waals surface area contributed by atoms with E-state index in [1.807, 2.05) is 0 Å². The predicted molar refractivity (Wildman–Crippen MR) is 136 cm³/mol. The fourth-order valence-corrected chi connectivity index (χ4v) is 6.65. The molecule has 7 rings (SSSR count). The highest BCUT2D eigenvalue weighted by molar-refractivity contribution is 6.37. The number of Topliss-reactive ketones (excluding diaryl/α,β-unsaturated/α-hetero) is 4. The predicted octanol–water partition coefficient (Wildman–Crippen LogP) is 5.13. The van der Waals surface area contributed by atoms with Gasteiger partial charge >= 0.3 is 0 Å². The van der Waals surface area contributed by atoms with Crippen LogP contribution in [0.2, 0.25) is 0 Å². The highest BCUT2D eigenvalue weighted by Gasteiger charge is 2.79. The molecule has 6 heteroatoms. The van der Waals surface area contributed by atoms with Crippen LogP contribution in [0.1, 0.15) is 64.6 Å². The highest BCUT2D eigenvalue weighted by atomic mass is 16.5. The Bertz CT molecular complexity index is 1630. The van der Waals surface area contributed by atoms with Crippen LogP contribution < -0.4 is 0 Å². The van der Waals surface area contributed by atoms with Gasteiger partial charge in [0.25, 0.3) is 0 Å². The summed E-state index contributed by atoms with van der Waals surface area (Å²) in [7, 11) is 0. The van der Waals surface area contributed by atoms with Crippen LogP contribution >= 0.6 is 0 Å². The van der Waals surface area contributed by atoms with Gasteiger partial charge in [-0.2, -0.15) is 0 Å². The van der Waals surface area contributed by atoms with Crippen molar-refractivity contribution < 1.29 is 29.0 Å². The Kier molecular flexibility index (Phi) is 4.54. The number of para-hydroxylation sites is 1. The first-order valence-electron chi connectivity index (χ1n) is 12.3. The second kappa shape index (κ2) is 7.66. The first kappa shape index (κ1) is 22.5. The molecule has 184 valence electrons. The third-order valence-corrected chi connectivity index (χ3v) is 8.19. The van der Waals surface area contributed by atoms with E-state index in [0.29, 0.717) is 5.56 Å². The van der Waals surface area contributed by atoms with Crippen molar-refractivity contribution in [2.75, 3.05) is 0 Å². The number of benzene rings is 4. The lowest BCUT2D eigenvalue weighted by atomic mass is 9.59. The molecule has 2 atom stereocenters. The van der Waals surface area contributed by atoms with Gasteiger partial charge in [0.2, 0.25) is 17.2 Å². The van der Waals surface area contributed by atoms with Gasteiger partial charge in [0.05, 0.1) is 5.92 Å². The van der Waals surface area contributed by atoms with E-state index in [1.165, 1.54) is 6.07 Å². The number of carbonyl (C=O) groups is 4. The molecule has 1 saturated heterocycles. The van der Waals surface area contributed by atoms with Gasteiger partial charge in [0.15, 0.2) is 11.6 Å². The van der Waals surface area contributed by atoms with Crippen LogP contribution in [0.25, 0.3) is 0 Å². The summed E-state index contributed by atoms with van der Waals surface area (Å²) in [5.74, 6) is -3.97. The minimum Gasteiger partial charge on any atom is -0.508 e. The molecule has 38 heavy (non-hydrogen) atoms. The van der Waals surface area contributed by atoms with E-state index in [4.69, 9.17) is 4.74 Å². The molecule has 2 aliphatic carbocycles. The molecule has 1 N–H and O–H groups in total. The molecule has 0 aromatic heterocycles. The van der Waals surface area contributed by atoms with Crippen molar-refractivity contribution in [3.63, 3.8) is 0 Å². The molecule has 2 spiro atoms. The molecule has 0 bridgehead atoms. The summed E-state index contributed by atoms with van der Waals surface area (Å²) >= 11 is 0. The maximum atomic E-state index is 14.5. The normalized spacial score (nSPS) is 22.3. The van der Waals surface area contributed by atoms with Gasteiger partial charge in [-0.15, -0.1) is 0 Å². The summed E-state index contributed by atoms with van der Waals surface area (Å²) < 4.78 is 6.58. The van der Waals surface area contributed by atoms with Crippen LogP contribution in [-0.4, -0.2) is 33.8 Å². The fraction of sp³-hybridized carbons (Fsp3) is 0.125. The van der Waals surface area contributed by atoms with Gasteiger partial charge < -0.3 is 9.84 Å². The summed E-state index contributed by atoms with van der Waals surface area (Å²) in [6, 6.07) is 27.8. The number of ether oxygens (including phenoxy) is 1. The molecule has 1 heterocycles. The van der Waals surface area contributed by atoms with E-state index in [9.17, 15) is 24.3 Å². The van der Waals surface area contributed by atoms with Crippen LogP contribution in [0.4, 0.5) is 0 Å². The Balaban J connectivity index is 1.61. The number of ketones is 4. The average molecular weight is 501 g/mol. The van der Waals surface area contributed by atoms with Gasteiger partial charge in [-0.05, 0) is 11.6 Å². The second-order valence-corrected chi connectivity index (χ2v) is 9.91. The van der Waals surface area contributed by atoms with Crippen LogP contribution in [0.5, 0.6) is 5.75 Å². The lowest BCUT2D eigenvalue weighted by Crippen LogP contribution is -2.51. The van der Waals surface area contributed by atoms with Crippen LogP contribution in [0, 0.1) is 5.41 Å². The third kappa shape index (κ3) is 2.50. The molecule has 1 fully saturated rings. The number of carbonyl (C=O) groups excluding carboxylic acids is 4. The van der Waals surface area contributed by atoms with Crippen molar-refractivity contribution in [3.8, 4) is 5.75 Å². The van der Waals surface area contributed by atoms with Crippen molar-refractivity contribution in [2.45, 2.75) is 17.6 Å². The summed E-state index contributed by atoms with van der Waals surface area (Å²) in [4.78, 5) is 57.6. The van der Waals surface area contributed by atoms with E-state index in [1.54, 1.807) is 97.1 Å². The zero-order chi connectivity index (χ0) is 26.2. The smallest absolute Gasteiger partial charge is 0.204 e. The SMILES string of the molecule is O=C1c2ccccc2C(=O)C12O[C@H](c1ccccc1)C1(C(=O)c3ccccc3C1=O)[C@@H]2c1ccccc1O. The van der Waals surface area contributed by atoms with E-state index in [0.717, 1.165) is 0 Å². The molecule has 0 saturated carbocycles. The zero-order valence-corrected chi connectivity index (χ0v) is 20.0. The fourth-order valence-electron chi connectivity index (χ4n) is 6.65. The van der Waals surface area contributed by atoms with Gasteiger partial charge in [0.1, 0.15) is 17.3 Å². The van der Waals surface area contributed by atoms with Gasteiger partial charge in [-0.1, -0.05) is 97.1 Å². The second-order valence-electron chi connectivity index (χ2n) is 9.91. The Hall–Kier alpha value is -4.68. The number of aromatic hydroxyl groups is 1. The molecule has 1 aliphatic heterocycles. The monoisotopic (exact) mass is 500 g/mol. The van der Waals surface area contributed by atoms with E-state index in [-0.39, 0.29) is 33.6 Å². The summed E-state index contributed by atoms with van der Waals surface area (Å²) in [5.41, 5.74) is -2.88. The van der Waals surface area contributed by atoms with Crippen molar-refractivity contribution in [3.05, 3.63) is 137 Å². The zero-order valence-electron chi connectivity index (χ0n) is 20.0. The molecule has 0 unspecified atom stereocenters. The molecule has 6 nitrogen and oxygen atoms in total. The standard InChI is InChI=1S/C32H20O6/c33-24-17-9-8-16-23(24)25-31(26(34)19-12-4-5-13-20(19)27(31)35)30(18-10-2-1-3-11-18)38-32(25)28(36)21-14-6-7-15-22(21)29(32)37/h1-17,25,30,33H/t25-,30+/m0/s1. The van der Waals surface area contributed by atoms with E-state index >= 15 is 0 Å². The van der Waals surface area contributed by atoms with Crippen molar-refractivity contribution >= 4 is 23.1 Å². The molecule has 3 aliphatic rings. The number of hydrogen-bond donors (Lipinski definition) is 1.